The van der Waals surface area contributed by atoms with E-state index in [9.17, 15) is 9.59 Å². The van der Waals surface area contributed by atoms with Gasteiger partial charge in [-0.1, -0.05) is 6.07 Å². The highest BCUT2D eigenvalue weighted by molar-refractivity contribution is 7.14. The van der Waals surface area contributed by atoms with E-state index in [1.165, 1.54) is 22.7 Å². The molecule has 0 saturated heterocycles. The number of carbonyl (C=O) groups is 2. The van der Waals surface area contributed by atoms with Crippen molar-refractivity contribution in [2.45, 2.75) is 6.42 Å². The number of rotatable bonds is 5. The number of amides is 2. The van der Waals surface area contributed by atoms with Gasteiger partial charge >= 0.3 is 0 Å². The summed E-state index contributed by atoms with van der Waals surface area (Å²) in [7, 11) is 0. The zero-order valence-electron chi connectivity index (χ0n) is 14.0. The normalized spacial score (nSPS) is 10.7. The molecule has 0 spiro atoms. The Hall–Kier alpha value is -3.10. The summed E-state index contributed by atoms with van der Waals surface area (Å²) in [5.74, 6) is -0.370. The van der Waals surface area contributed by atoms with E-state index in [0.717, 1.165) is 10.9 Å². The predicted molar refractivity (Wildman–Crippen MR) is 108 cm³/mol. The molecule has 0 aliphatic carbocycles. The molecule has 6 nitrogen and oxygen atoms in total. The van der Waals surface area contributed by atoms with E-state index in [2.05, 4.69) is 20.6 Å². The number of thiazole rings is 1. The lowest BCUT2D eigenvalue weighted by atomic mass is 10.2. The van der Waals surface area contributed by atoms with E-state index in [0.29, 0.717) is 22.1 Å². The van der Waals surface area contributed by atoms with Gasteiger partial charge < -0.3 is 5.32 Å². The van der Waals surface area contributed by atoms with Crippen molar-refractivity contribution < 1.29 is 9.59 Å². The lowest BCUT2D eigenvalue weighted by Crippen LogP contribution is -2.15. The molecule has 3 heterocycles. The molecular weight excluding hydrogens is 380 g/mol. The summed E-state index contributed by atoms with van der Waals surface area (Å²) in [5, 5.41) is 12.4. The molecule has 134 valence electrons. The first-order valence-electron chi connectivity index (χ1n) is 8.10. The van der Waals surface area contributed by atoms with Crippen LogP contribution in [0.25, 0.3) is 10.9 Å². The van der Waals surface area contributed by atoms with Crippen molar-refractivity contribution in [2.24, 2.45) is 0 Å². The molecule has 0 saturated carbocycles. The Balaban J connectivity index is 1.38. The second-order valence-corrected chi connectivity index (χ2v) is 7.38. The first kappa shape index (κ1) is 17.3. The van der Waals surface area contributed by atoms with Crippen molar-refractivity contribution in [2.75, 3.05) is 10.6 Å². The number of benzene rings is 1. The predicted octanol–water partition coefficient (Wildman–Crippen LogP) is 4.19. The SMILES string of the molecule is O=C(Cc1csc(NC(=O)c2ccsc2)n1)Nc1ccc2ncccc2c1. The zero-order valence-corrected chi connectivity index (χ0v) is 15.6. The molecule has 0 radical (unpaired) electrons. The van der Waals surface area contributed by atoms with Gasteiger partial charge in [0, 0.05) is 28.0 Å². The van der Waals surface area contributed by atoms with Crippen LogP contribution in [0.15, 0.2) is 58.7 Å². The fraction of sp³-hybridized carbons (Fsp3) is 0.0526. The Morgan fingerprint density at radius 1 is 1.07 bits per heavy atom. The Morgan fingerprint density at radius 2 is 2.00 bits per heavy atom. The third-order valence-corrected chi connectivity index (χ3v) is 5.27. The van der Waals surface area contributed by atoms with E-state index >= 15 is 0 Å². The number of hydrogen-bond acceptors (Lipinski definition) is 6. The molecule has 4 rings (SSSR count). The Morgan fingerprint density at radius 3 is 2.85 bits per heavy atom. The van der Waals surface area contributed by atoms with Gasteiger partial charge in [0.05, 0.1) is 23.2 Å². The van der Waals surface area contributed by atoms with Crippen molar-refractivity contribution in [3.63, 3.8) is 0 Å². The smallest absolute Gasteiger partial charge is 0.258 e. The van der Waals surface area contributed by atoms with Crippen LogP contribution in [0.2, 0.25) is 0 Å². The van der Waals surface area contributed by atoms with Crippen LogP contribution in [0.1, 0.15) is 16.1 Å². The molecule has 0 atom stereocenters. The molecule has 0 fully saturated rings. The van der Waals surface area contributed by atoms with Crippen LogP contribution >= 0.6 is 22.7 Å². The average Bonchev–Trinajstić information content (AvgIpc) is 3.34. The van der Waals surface area contributed by atoms with Crippen molar-refractivity contribution >= 4 is 56.2 Å². The summed E-state index contributed by atoms with van der Waals surface area (Å²) in [6, 6.07) is 11.1. The average molecular weight is 394 g/mol. The number of hydrogen-bond donors (Lipinski definition) is 2. The van der Waals surface area contributed by atoms with E-state index in [1.54, 1.807) is 23.0 Å². The molecule has 2 N–H and O–H groups in total. The minimum atomic E-state index is -0.202. The number of aromatic nitrogens is 2. The quantitative estimate of drug-likeness (QED) is 0.532. The maximum absolute atomic E-state index is 12.3. The summed E-state index contributed by atoms with van der Waals surface area (Å²) < 4.78 is 0. The van der Waals surface area contributed by atoms with Crippen molar-refractivity contribution in [3.05, 3.63) is 70.0 Å². The summed E-state index contributed by atoms with van der Waals surface area (Å²) in [4.78, 5) is 32.9. The van der Waals surface area contributed by atoms with Crippen LogP contribution in [0.4, 0.5) is 10.8 Å². The van der Waals surface area contributed by atoms with E-state index < -0.39 is 0 Å². The summed E-state index contributed by atoms with van der Waals surface area (Å²) in [6.45, 7) is 0. The molecule has 4 aromatic rings. The molecule has 1 aromatic carbocycles. The monoisotopic (exact) mass is 394 g/mol. The number of nitrogens with zero attached hydrogens (tertiary/aromatic N) is 2. The van der Waals surface area contributed by atoms with Crippen LogP contribution in [-0.4, -0.2) is 21.8 Å². The highest BCUT2D eigenvalue weighted by atomic mass is 32.1. The molecular formula is C19H14N4O2S2. The fourth-order valence-corrected chi connectivity index (χ4v) is 3.87. The minimum absolute atomic E-state index is 0.135. The van der Waals surface area contributed by atoms with Gasteiger partial charge in [-0.25, -0.2) is 4.98 Å². The van der Waals surface area contributed by atoms with Crippen LogP contribution in [0.3, 0.4) is 0 Å². The summed E-state index contributed by atoms with van der Waals surface area (Å²) in [6.07, 6.45) is 1.87. The van der Waals surface area contributed by atoms with Crippen molar-refractivity contribution in [1.29, 1.82) is 0 Å². The third kappa shape index (κ3) is 4.18. The first-order valence-corrected chi connectivity index (χ1v) is 9.92. The zero-order chi connectivity index (χ0) is 18.6. The van der Waals surface area contributed by atoms with Crippen LogP contribution < -0.4 is 10.6 Å². The second kappa shape index (κ2) is 7.65. The number of anilines is 2. The summed E-state index contributed by atoms with van der Waals surface area (Å²) in [5.41, 5.74) is 2.79. The van der Waals surface area contributed by atoms with Gasteiger partial charge in [0.25, 0.3) is 5.91 Å². The molecule has 27 heavy (non-hydrogen) atoms. The Labute approximate surface area is 162 Å². The largest absolute Gasteiger partial charge is 0.326 e. The Kier molecular flexibility index (Phi) is 4.91. The molecule has 0 aliphatic rings. The number of pyridine rings is 1. The molecule has 0 bridgehead atoms. The van der Waals surface area contributed by atoms with Gasteiger partial charge in [0.15, 0.2) is 5.13 Å². The number of fused-ring (bicyclic) bond motifs is 1. The van der Waals surface area contributed by atoms with Crippen molar-refractivity contribution in [3.8, 4) is 0 Å². The third-order valence-electron chi connectivity index (χ3n) is 3.78. The summed E-state index contributed by atoms with van der Waals surface area (Å²) >= 11 is 2.76. The van der Waals surface area contributed by atoms with Crippen LogP contribution in [-0.2, 0) is 11.2 Å². The van der Waals surface area contributed by atoms with Crippen LogP contribution in [0, 0.1) is 0 Å². The van der Waals surface area contributed by atoms with Gasteiger partial charge in [0.2, 0.25) is 5.91 Å². The number of nitrogens with one attached hydrogen (secondary N) is 2. The molecule has 3 aromatic heterocycles. The topological polar surface area (TPSA) is 84.0 Å². The molecule has 0 unspecified atom stereocenters. The Bertz CT molecular complexity index is 1110. The number of carbonyl (C=O) groups excluding carboxylic acids is 2. The number of thiophene rings is 1. The van der Waals surface area contributed by atoms with Gasteiger partial charge in [-0.05, 0) is 35.7 Å². The molecule has 2 amide bonds. The molecule has 8 heteroatoms. The van der Waals surface area contributed by atoms with Gasteiger partial charge in [-0.15, -0.1) is 11.3 Å². The van der Waals surface area contributed by atoms with Gasteiger partial charge in [-0.2, -0.15) is 11.3 Å². The van der Waals surface area contributed by atoms with Crippen molar-refractivity contribution in [1.82, 2.24) is 9.97 Å². The van der Waals surface area contributed by atoms with Crippen LogP contribution in [0.5, 0.6) is 0 Å². The highest BCUT2D eigenvalue weighted by Gasteiger charge is 2.12. The maximum Gasteiger partial charge on any atom is 0.258 e. The fourth-order valence-electron chi connectivity index (χ4n) is 2.53. The minimum Gasteiger partial charge on any atom is -0.326 e. The maximum atomic E-state index is 12.3. The lowest BCUT2D eigenvalue weighted by Gasteiger charge is -2.05. The lowest BCUT2D eigenvalue weighted by molar-refractivity contribution is -0.115. The van der Waals surface area contributed by atoms with E-state index in [1.807, 2.05) is 35.7 Å². The second-order valence-electron chi connectivity index (χ2n) is 5.75. The molecule has 0 aliphatic heterocycles. The highest BCUT2D eigenvalue weighted by Crippen LogP contribution is 2.19. The van der Waals surface area contributed by atoms with E-state index in [4.69, 9.17) is 0 Å². The van der Waals surface area contributed by atoms with Gasteiger partial charge in [-0.3, -0.25) is 19.9 Å². The standard InChI is InChI=1S/C19H14N4O2S2/c24-17(21-14-3-4-16-12(8-14)2-1-6-20-16)9-15-11-27-19(22-15)23-18(25)13-5-7-26-10-13/h1-8,10-11H,9H2,(H,21,24)(H,22,23,25). The van der Waals surface area contributed by atoms with E-state index in [-0.39, 0.29) is 18.2 Å². The first-order chi connectivity index (χ1) is 13.2. The van der Waals surface area contributed by atoms with Gasteiger partial charge in [0.1, 0.15) is 0 Å².